The summed E-state index contributed by atoms with van der Waals surface area (Å²) in [5.41, 5.74) is 0.457. The zero-order chi connectivity index (χ0) is 13.3. The van der Waals surface area contributed by atoms with E-state index in [4.69, 9.17) is 16.3 Å². The molecule has 0 amide bonds. The maximum absolute atomic E-state index is 13.5. The minimum Gasteiger partial charge on any atom is -0.494 e. The highest BCUT2D eigenvalue weighted by molar-refractivity contribution is 9.11. The Balaban J connectivity index is 2.33. The lowest BCUT2D eigenvalue weighted by Gasteiger charge is -2.10. The van der Waals surface area contributed by atoms with Crippen LogP contribution in [0.15, 0.2) is 28.1 Å². The van der Waals surface area contributed by atoms with Crippen LogP contribution in [-0.4, -0.2) is 12.2 Å². The van der Waals surface area contributed by atoms with Crippen LogP contribution in [0.2, 0.25) is 5.02 Å². The molecule has 1 heterocycles. The van der Waals surface area contributed by atoms with Gasteiger partial charge in [0, 0.05) is 4.88 Å². The summed E-state index contributed by atoms with van der Waals surface area (Å²) in [5.74, 6) is -0.355. The summed E-state index contributed by atoms with van der Waals surface area (Å²) >= 11 is 10.5. The number of aliphatic hydroxyl groups is 1. The molecule has 6 heteroatoms. The quantitative estimate of drug-likeness (QED) is 0.888. The number of benzene rings is 1. The Morgan fingerprint density at radius 3 is 2.67 bits per heavy atom. The highest BCUT2D eigenvalue weighted by Crippen LogP contribution is 2.37. The molecule has 96 valence electrons. The van der Waals surface area contributed by atoms with E-state index in [-0.39, 0.29) is 5.75 Å². The molecule has 0 saturated heterocycles. The van der Waals surface area contributed by atoms with Crippen LogP contribution < -0.4 is 4.74 Å². The third-order valence-corrected chi connectivity index (χ3v) is 4.95. The number of aliphatic hydroxyl groups excluding tert-OH is 1. The van der Waals surface area contributed by atoms with Crippen LogP contribution in [0.25, 0.3) is 0 Å². The van der Waals surface area contributed by atoms with Crippen LogP contribution in [0.1, 0.15) is 16.5 Å². The maximum atomic E-state index is 13.5. The number of methoxy groups -OCH3 is 1. The summed E-state index contributed by atoms with van der Waals surface area (Å²) in [5, 5.41) is 10.7. The third kappa shape index (κ3) is 2.69. The van der Waals surface area contributed by atoms with Gasteiger partial charge in [0.25, 0.3) is 0 Å². The summed E-state index contributed by atoms with van der Waals surface area (Å²) in [6.45, 7) is 0. The molecule has 1 atom stereocenters. The van der Waals surface area contributed by atoms with Crippen molar-refractivity contribution >= 4 is 38.9 Å². The van der Waals surface area contributed by atoms with Gasteiger partial charge >= 0.3 is 0 Å². The number of ether oxygens (including phenoxy) is 1. The highest BCUT2D eigenvalue weighted by Gasteiger charge is 2.17. The van der Waals surface area contributed by atoms with Crippen molar-refractivity contribution in [1.29, 1.82) is 0 Å². The Bertz CT molecular complexity index is 554. The van der Waals surface area contributed by atoms with E-state index < -0.39 is 11.9 Å². The van der Waals surface area contributed by atoms with Gasteiger partial charge in [-0.2, -0.15) is 0 Å². The molecule has 0 saturated carbocycles. The molecule has 0 radical (unpaired) electrons. The van der Waals surface area contributed by atoms with E-state index in [9.17, 15) is 9.50 Å². The summed E-state index contributed by atoms with van der Waals surface area (Å²) in [7, 11) is 1.39. The van der Waals surface area contributed by atoms with Gasteiger partial charge in [-0.15, -0.1) is 11.3 Å². The molecule has 1 aromatic heterocycles. The van der Waals surface area contributed by atoms with Crippen LogP contribution in [0.4, 0.5) is 4.39 Å². The molecule has 0 aliphatic rings. The molecule has 1 N–H and O–H groups in total. The normalized spacial score (nSPS) is 12.5. The lowest BCUT2D eigenvalue weighted by atomic mass is 10.1. The Morgan fingerprint density at radius 2 is 2.17 bits per heavy atom. The van der Waals surface area contributed by atoms with E-state index in [1.807, 2.05) is 0 Å². The number of hydrogen-bond acceptors (Lipinski definition) is 3. The van der Waals surface area contributed by atoms with Crippen molar-refractivity contribution in [3.8, 4) is 5.75 Å². The Morgan fingerprint density at radius 1 is 1.44 bits per heavy atom. The van der Waals surface area contributed by atoms with E-state index in [1.54, 1.807) is 12.1 Å². The van der Waals surface area contributed by atoms with Crippen LogP contribution in [0, 0.1) is 5.82 Å². The average molecular weight is 352 g/mol. The molecule has 0 aliphatic heterocycles. The van der Waals surface area contributed by atoms with Crippen LogP contribution in [0.5, 0.6) is 5.75 Å². The first-order chi connectivity index (χ1) is 8.52. The molecule has 2 aromatic rings. The van der Waals surface area contributed by atoms with Crippen molar-refractivity contribution < 1.29 is 14.2 Å². The van der Waals surface area contributed by atoms with Gasteiger partial charge in [0.15, 0.2) is 11.6 Å². The Hall–Kier alpha value is -0.620. The summed E-state index contributed by atoms with van der Waals surface area (Å²) in [6, 6.07) is 6.01. The molecular formula is C12H9BrClFO2S. The maximum Gasteiger partial charge on any atom is 0.165 e. The van der Waals surface area contributed by atoms with Gasteiger partial charge < -0.3 is 9.84 Å². The van der Waals surface area contributed by atoms with E-state index in [0.717, 1.165) is 3.79 Å². The van der Waals surface area contributed by atoms with E-state index in [1.165, 1.54) is 30.6 Å². The second-order valence-electron chi connectivity index (χ2n) is 3.57. The number of rotatable bonds is 3. The second kappa shape index (κ2) is 5.57. The van der Waals surface area contributed by atoms with Gasteiger partial charge in [0.1, 0.15) is 6.10 Å². The second-order valence-corrected chi connectivity index (χ2v) is 6.38. The van der Waals surface area contributed by atoms with Gasteiger partial charge in [-0.1, -0.05) is 17.7 Å². The van der Waals surface area contributed by atoms with Crippen molar-refractivity contribution in [1.82, 2.24) is 0 Å². The molecule has 1 aromatic carbocycles. The minimum absolute atomic E-state index is 0.149. The van der Waals surface area contributed by atoms with Gasteiger partial charge in [0.05, 0.1) is 15.9 Å². The zero-order valence-electron chi connectivity index (χ0n) is 9.28. The first-order valence-electron chi connectivity index (χ1n) is 4.99. The van der Waals surface area contributed by atoms with Crippen molar-refractivity contribution in [3.05, 3.63) is 49.3 Å². The SMILES string of the molecule is COc1ccc(C(O)c2cc(Cl)c(Br)s2)cc1F. The van der Waals surface area contributed by atoms with E-state index >= 15 is 0 Å². The average Bonchev–Trinajstić information content (AvgIpc) is 2.68. The summed E-state index contributed by atoms with van der Waals surface area (Å²) in [4.78, 5) is 0.649. The molecule has 2 rings (SSSR count). The third-order valence-electron chi connectivity index (χ3n) is 2.43. The fourth-order valence-electron chi connectivity index (χ4n) is 1.52. The fourth-order valence-corrected chi connectivity index (χ4v) is 3.28. The van der Waals surface area contributed by atoms with Crippen molar-refractivity contribution in [2.75, 3.05) is 7.11 Å². The highest BCUT2D eigenvalue weighted by atomic mass is 79.9. The standard InChI is InChI=1S/C12H9BrClFO2S/c1-17-9-3-2-6(4-8(9)15)11(16)10-5-7(14)12(13)18-10/h2-5,11,16H,1H3. The topological polar surface area (TPSA) is 29.5 Å². The Kier molecular flexibility index (Phi) is 4.27. The predicted molar refractivity (Wildman–Crippen MR) is 74.0 cm³/mol. The molecule has 0 aliphatic carbocycles. The lowest BCUT2D eigenvalue weighted by molar-refractivity contribution is 0.223. The molecule has 2 nitrogen and oxygen atoms in total. The van der Waals surface area contributed by atoms with E-state index in [2.05, 4.69) is 15.9 Å². The summed E-state index contributed by atoms with van der Waals surface area (Å²) < 4.78 is 19.1. The zero-order valence-corrected chi connectivity index (χ0v) is 12.4. The first-order valence-corrected chi connectivity index (χ1v) is 6.98. The molecule has 1 unspecified atom stereocenters. The molecule has 0 fully saturated rings. The van der Waals surface area contributed by atoms with Crippen molar-refractivity contribution in [3.63, 3.8) is 0 Å². The number of hydrogen-bond donors (Lipinski definition) is 1. The minimum atomic E-state index is -0.904. The molecule has 18 heavy (non-hydrogen) atoms. The monoisotopic (exact) mass is 350 g/mol. The molecule has 0 bridgehead atoms. The van der Waals surface area contributed by atoms with Gasteiger partial charge in [-0.25, -0.2) is 4.39 Å². The number of thiophene rings is 1. The summed E-state index contributed by atoms with van der Waals surface area (Å²) in [6.07, 6.45) is -0.904. The van der Waals surface area contributed by atoms with E-state index in [0.29, 0.717) is 15.5 Å². The van der Waals surface area contributed by atoms with Crippen LogP contribution in [0.3, 0.4) is 0 Å². The largest absolute Gasteiger partial charge is 0.494 e. The van der Waals surface area contributed by atoms with Gasteiger partial charge in [-0.05, 0) is 39.7 Å². The van der Waals surface area contributed by atoms with Crippen LogP contribution >= 0.6 is 38.9 Å². The smallest absolute Gasteiger partial charge is 0.165 e. The molecular weight excluding hydrogens is 343 g/mol. The van der Waals surface area contributed by atoms with Crippen molar-refractivity contribution in [2.24, 2.45) is 0 Å². The fraction of sp³-hybridized carbons (Fsp3) is 0.167. The first kappa shape index (κ1) is 13.8. The molecule has 0 spiro atoms. The van der Waals surface area contributed by atoms with Crippen LogP contribution in [-0.2, 0) is 0 Å². The lowest BCUT2D eigenvalue weighted by Crippen LogP contribution is -1.98. The van der Waals surface area contributed by atoms with Crippen molar-refractivity contribution in [2.45, 2.75) is 6.10 Å². The van der Waals surface area contributed by atoms with Gasteiger partial charge in [-0.3, -0.25) is 0 Å². The predicted octanol–water partition coefficient (Wildman–Crippen LogP) is 4.39. The van der Waals surface area contributed by atoms with Gasteiger partial charge in [0.2, 0.25) is 0 Å². The Labute approximate surface area is 121 Å². The number of halogens is 3.